The molecule has 1 aromatic carbocycles. The predicted molar refractivity (Wildman–Crippen MR) is 132 cm³/mol. The molecule has 0 unspecified atom stereocenters. The molecule has 1 amide bonds. The fraction of sp³-hybridized carbons (Fsp3) is 0.385. The van der Waals surface area contributed by atoms with Crippen molar-refractivity contribution in [3.63, 3.8) is 0 Å². The quantitative estimate of drug-likeness (QED) is 0.431. The number of carbonyl (C=O) groups is 1. The number of carbonyl (C=O) groups excluding carboxylic acids is 1. The lowest BCUT2D eigenvalue weighted by atomic mass is 10.0. The number of aromatic nitrogens is 3. The molecule has 1 fully saturated rings. The standard InChI is InChI=1S/C26H31FN6O2/c1-35-15-3-11-28-26-29-12-8-23(32-26)18-33-13-9-22(10-14-33)31-25(34)20-6-7-24(30-17-20)19-4-2-5-21(27)16-19/h2,4-8,12,16-17,22H,3,9-11,13-15,18H2,1H3,(H,31,34)(H,28,29,32). The molecule has 0 radical (unpaired) electrons. The third kappa shape index (κ3) is 7.27. The van der Waals surface area contributed by atoms with E-state index in [2.05, 4.69) is 30.5 Å². The van der Waals surface area contributed by atoms with Gasteiger partial charge in [-0.05, 0) is 49.6 Å². The molecule has 1 aliphatic heterocycles. The predicted octanol–water partition coefficient (Wildman–Crippen LogP) is 3.52. The Bertz CT molecular complexity index is 1100. The number of piperidine rings is 1. The van der Waals surface area contributed by atoms with Gasteiger partial charge in [-0.2, -0.15) is 0 Å². The van der Waals surface area contributed by atoms with E-state index in [0.717, 1.165) is 51.1 Å². The van der Waals surface area contributed by atoms with Crippen LogP contribution in [0, 0.1) is 5.82 Å². The van der Waals surface area contributed by atoms with Crippen LogP contribution in [0.4, 0.5) is 10.3 Å². The minimum absolute atomic E-state index is 0.116. The minimum atomic E-state index is -0.313. The van der Waals surface area contributed by atoms with Crippen LogP contribution in [0.5, 0.6) is 0 Å². The average Bonchev–Trinajstić information content (AvgIpc) is 2.88. The van der Waals surface area contributed by atoms with E-state index >= 15 is 0 Å². The lowest BCUT2D eigenvalue weighted by molar-refractivity contribution is 0.0908. The Balaban J connectivity index is 1.23. The zero-order valence-electron chi connectivity index (χ0n) is 19.9. The molecule has 184 valence electrons. The van der Waals surface area contributed by atoms with E-state index in [4.69, 9.17) is 4.74 Å². The van der Waals surface area contributed by atoms with Gasteiger partial charge in [-0.3, -0.25) is 14.7 Å². The van der Waals surface area contributed by atoms with Gasteiger partial charge in [0.1, 0.15) is 5.82 Å². The maximum absolute atomic E-state index is 13.4. The van der Waals surface area contributed by atoms with E-state index in [-0.39, 0.29) is 17.8 Å². The van der Waals surface area contributed by atoms with Crippen molar-refractivity contribution in [2.45, 2.75) is 31.8 Å². The van der Waals surface area contributed by atoms with Crippen molar-refractivity contribution in [1.29, 1.82) is 0 Å². The lowest BCUT2D eigenvalue weighted by Crippen LogP contribution is -2.44. The Morgan fingerprint density at radius 1 is 1.17 bits per heavy atom. The van der Waals surface area contributed by atoms with Gasteiger partial charge in [0.2, 0.25) is 5.95 Å². The van der Waals surface area contributed by atoms with Crippen molar-refractivity contribution in [3.05, 3.63) is 71.9 Å². The van der Waals surface area contributed by atoms with Gasteiger partial charge in [0, 0.05) is 63.9 Å². The molecule has 0 saturated carbocycles. The maximum Gasteiger partial charge on any atom is 0.253 e. The Morgan fingerprint density at radius 2 is 2.03 bits per heavy atom. The molecule has 1 saturated heterocycles. The monoisotopic (exact) mass is 478 g/mol. The van der Waals surface area contributed by atoms with Crippen molar-refractivity contribution < 1.29 is 13.9 Å². The first kappa shape index (κ1) is 24.7. The fourth-order valence-corrected chi connectivity index (χ4v) is 4.07. The molecule has 3 heterocycles. The number of halogens is 1. The first-order valence-electron chi connectivity index (χ1n) is 11.9. The zero-order valence-corrected chi connectivity index (χ0v) is 19.9. The Kier molecular flexibility index (Phi) is 8.69. The average molecular weight is 479 g/mol. The number of hydrogen-bond acceptors (Lipinski definition) is 7. The van der Waals surface area contributed by atoms with Crippen molar-refractivity contribution in [2.24, 2.45) is 0 Å². The Hall–Kier alpha value is -3.43. The molecule has 0 atom stereocenters. The number of amides is 1. The molecule has 2 aromatic heterocycles. The zero-order chi connectivity index (χ0) is 24.5. The number of hydrogen-bond donors (Lipinski definition) is 2. The second-order valence-corrected chi connectivity index (χ2v) is 8.61. The lowest BCUT2D eigenvalue weighted by Gasteiger charge is -2.32. The smallest absolute Gasteiger partial charge is 0.253 e. The van der Waals surface area contributed by atoms with Crippen LogP contribution in [0.25, 0.3) is 11.3 Å². The topological polar surface area (TPSA) is 92.3 Å². The largest absolute Gasteiger partial charge is 0.385 e. The molecule has 4 rings (SSSR count). The summed E-state index contributed by atoms with van der Waals surface area (Å²) in [7, 11) is 1.69. The molecule has 2 N–H and O–H groups in total. The summed E-state index contributed by atoms with van der Waals surface area (Å²) in [5, 5.41) is 6.35. The fourth-order valence-electron chi connectivity index (χ4n) is 4.07. The van der Waals surface area contributed by atoms with Gasteiger partial charge in [-0.15, -0.1) is 0 Å². The number of pyridine rings is 1. The van der Waals surface area contributed by atoms with Gasteiger partial charge in [-0.25, -0.2) is 14.4 Å². The van der Waals surface area contributed by atoms with E-state index in [9.17, 15) is 9.18 Å². The number of benzene rings is 1. The van der Waals surface area contributed by atoms with Crippen LogP contribution >= 0.6 is 0 Å². The van der Waals surface area contributed by atoms with E-state index in [0.29, 0.717) is 29.4 Å². The maximum atomic E-state index is 13.4. The van der Waals surface area contributed by atoms with Gasteiger partial charge < -0.3 is 15.4 Å². The van der Waals surface area contributed by atoms with Gasteiger partial charge in [-0.1, -0.05) is 12.1 Å². The summed E-state index contributed by atoms with van der Waals surface area (Å²) < 4.78 is 18.5. The van der Waals surface area contributed by atoms with Gasteiger partial charge in [0.15, 0.2) is 0 Å². The van der Waals surface area contributed by atoms with Crippen LogP contribution in [0.3, 0.4) is 0 Å². The SMILES string of the molecule is COCCCNc1nccc(CN2CCC(NC(=O)c3ccc(-c4cccc(F)c4)nc3)CC2)n1. The summed E-state index contributed by atoms with van der Waals surface area (Å²) in [5.41, 5.74) is 2.79. The normalized spacial score (nSPS) is 14.6. The minimum Gasteiger partial charge on any atom is -0.385 e. The highest BCUT2D eigenvalue weighted by Crippen LogP contribution is 2.19. The first-order valence-corrected chi connectivity index (χ1v) is 11.9. The van der Waals surface area contributed by atoms with Crippen molar-refractivity contribution >= 4 is 11.9 Å². The number of anilines is 1. The molecule has 3 aromatic rings. The van der Waals surface area contributed by atoms with E-state index in [1.807, 2.05) is 6.07 Å². The molecule has 0 bridgehead atoms. The molecule has 9 heteroatoms. The molecular formula is C26H31FN6O2. The van der Waals surface area contributed by atoms with Crippen LogP contribution in [-0.2, 0) is 11.3 Å². The third-order valence-corrected chi connectivity index (χ3v) is 5.98. The van der Waals surface area contributed by atoms with Crippen LogP contribution < -0.4 is 10.6 Å². The molecule has 1 aliphatic rings. The van der Waals surface area contributed by atoms with E-state index < -0.39 is 0 Å². The number of methoxy groups -OCH3 is 1. The molecule has 35 heavy (non-hydrogen) atoms. The van der Waals surface area contributed by atoms with Gasteiger partial charge in [0.05, 0.1) is 17.0 Å². The highest BCUT2D eigenvalue weighted by atomic mass is 19.1. The number of nitrogens with one attached hydrogen (secondary N) is 2. The summed E-state index contributed by atoms with van der Waals surface area (Å²) >= 11 is 0. The van der Waals surface area contributed by atoms with Crippen LogP contribution in [0.15, 0.2) is 54.9 Å². The van der Waals surface area contributed by atoms with Gasteiger partial charge in [0.25, 0.3) is 5.91 Å². The summed E-state index contributed by atoms with van der Waals surface area (Å²) in [4.78, 5) is 28.3. The van der Waals surface area contributed by atoms with Crippen LogP contribution in [0.1, 0.15) is 35.3 Å². The number of rotatable bonds is 10. The molecule has 0 aliphatic carbocycles. The van der Waals surface area contributed by atoms with Gasteiger partial charge >= 0.3 is 0 Å². The number of ether oxygens (including phenoxy) is 1. The summed E-state index contributed by atoms with van der Waals surface area (Å²) in [6.45, 7) is 3.98. The summed E-state index contributed by atoms with van der Waals surface area (Å²) in [5.74, 6) is 0.187. The first-order chi connectivity index (χ1) is 17.1. The summed E-state index contributed by atoms with van der Waals surface area (Å²) in [6, 6.07) is 11.8. The van der Waals surface area contributed by atoms with Crippen LogP contribution in [-0.4, -0.2) is 65.2 Å². The highest BCUT2D eigenvalue weighted by molar-refractivity contribution is 5.94. The highest BCUT2D eigenvalue weighted by Gasteiger charge is 2.22. The van der Waals surface area contributed by atoms with E-state index in [1.54, 1.807) is 43.8 Å². The number of nitrogens with zero attached hydrogens (tertiary/aromatic N) is 4. The van der Waals surface area contributed by atoms with E-state index in [1.165, 1.54) is 12.1 Å². The van der Waals surface area contributed by atoms with Crippen molar-refractivity contribution in [2.75, 3.05) is 38.7 Å². The number of likely N-dealkylation sites (tertiary alicyclic amines) is 1. The third-order valence-electron chi connectivity index (χ3n) is 5.98. The Morgan fingerprint density at radius 3 is 2.77 bits per heavy atom. The Labute approximate surface area is 205 Å². The molecule has 0 spiro atoms. The summed E-state index contributed by atoms with van der Waals surface area (Å²) in [6.07, 6.45) is 5.96. The second kappa shape index (κ2) is 12.3. The van der Waals surface area contributed by atoms with Crippen LogP contribution in [0.2, 0.25) is 0 Å². The molecule has 8 nitrogen and oxygen atoms in total. The molecular weight excluding hydrogens is 447 g/mol. The van der Waals surface area contributed by atoms with Crippen molar-refractivity contribution in [1.82, 2.24) is 25.2 Å². The second-order valence-electron chi connectivity index (χ2n) is 8.61. The van der Waals surface area contributed by atoms with Crippen molar-refractivity contribution in [3.8, 4) is 11.3 Å².